The molecular formula is C19H20F2N6O3S. The summed E-state index contributed by atoms with van der Waals surface area (Å²) >= 11 is 0. The number of carbonyl (C=O) groups is 1. The van der Waals surface area contributed by atoms with Crippen LogP contribution in [0.3, 0.4) is 0 Å². The van der Waals surface area contributed by atoms with Crippen LogP contribution in [0.5, 0.6) is 0 Å². The van der Waals surface area contributed by atoms with Crippen molar-refractivity contribution in [3.63, 3.8) is 0 Å². The van der Waals surface area contributed by atoms with Gasteiger partial charge in [0, 0.05) is 24.7 Å². The first-order chi connectivity index (χ1) is 14.8. The second-order valence-corrected chi connectivity index (χ2v) is 8.34. The predicted octanol–water partition coefficient (Wildman–Crippen LogP) is 1.90. The Morgan fingerprint density at radius 3 is 2.35 bits per heavy atom. The van der Waals surface area contributed by atoms with Crippen LogP contribution in [0, 0.1) is 11.6 Å². The van der Waals surface area contributed by atoms with Gasteiger partial charge in [0.15, 0.2) is 17.5 Å². The molecule has 1 amide bonds. The fourth-order valence-corrected chi connectivity index (χ4v) is 4.34. The predicted molar refractivity (Wildman–Crippen MR) is 107 cm³/mol. The van der Waals surface area contributed by atoms with E-state index in [0.717, 1.165) is 12.1 Å². The molecule has 9 nitrogen and oxygen atoms in total. The number of halogens is 2. The molecule has 0 fully saturated rings. The quantitative estimate of drug-likeness (QED) is 0.561. The monoisotopic (exact) mass is 450 g/mol. The van der Waals surface area contributed by atoms with Crippen LogP contribution in [0.1, 0.15) is 30.0 Å². The van der Waals surface area contributed by atoms with E-state index in [1.165, 1.54) is 39.3 Å². The Kier molecular flexibility index (Phi) is 6.71. The van der Waals surface area contributed by atoms with Gasteiger partial charge in [-0.3, -0.25) is 4.79 Å². The van der Waals surface area contributed by atoms with Gasteiger partial charge in [0.1, 0.15) is 0 Å². The minimum absolute atomic E-state index is 0.0926. The highest BCUT2D eigenvalue weighted by atomic mass is 32.2. The van der Waals surface area contributed by atoms with Crippen molar-refractivity contribution in [3.8, 4) is 5.69 Å². The Morgan fingerprint density at radius 2 is 1.74 bits per heavy atom. The van der Waals surface area contributed by atoms with E-state index in [1.807, 2.05) is 0 Å². The number of tetrazole rings is 1. The lowest BCUT2D eigenvalue weighted by Crippen LogP contribution is -2.30. The molecular weight excluding hydrogens is 430 g/mol. The molecule has 0 saturated carbocycles. The summed E-state index contributed by atoms with van der Waals surface area (Å²) in [7, 11) is -3.62. The van der Waals surface area contributed by atoms with Crippen molar-refractivity contribution in [2.45, 2.75) is 25.3 Å². The van der Waals surface area contributed by atoms with Crippen LogP contribution in [-0.2, 0) is 16.6 Å². The first-order valence-electron chi connectivity index (χ1n) is 9.39. The number of rotatable bonds is 8. The third kappa shape index (κ3) is 4.75. The number of hydrogen-bond donors (Lipinski definition) is 1. The smallest absolute Gasteiger partial charge is 0.251 e. The Balaban J connectivity index is 1.71. The summed E-state index contributed by atoms with van der Waals surface area (Å²) in [6, 6.07) is 8.74. The van der Waals surface area contributed by atoms with Gasteiger partial charge in [0.2, 0.25) is 10.0 Å². The zero-order chi connectivity index (χ0) is 22.6. The molecule has 0 bridgehead atoms. The molecule has 0 unspecified atom stereocenters. The van der Waals surface area contributed by atoms with E-state index in [9.17, 15) is 22.0 Å². The molecule has 3 rings (SSSR count). The second-order valence-electron chi connectivity index (χ2n) is 6.40. The number of benzene rings is 2. The molecule has 0 aliphatic rings. The third-order valence-electron chi connectivity index (χ3n) is 4.55. The number of nitrogens with one attached hydrogen (secondary N) is 1. The fraction of sp³-hybridized carbons (Fsp3) is 0.263. The van der Waals surface area contributed by atoms with E-state index in [4.69, 9.17) is 0 Å². The largest absolute Gasteiger partial charge is 0.345 e. The molecule has 31 heavy (non-hydrogen) atoms. The molecule has 0 aliphatic heterocycles. The van der Waals surface area contributed by atoms with Crippen LogP contribution in [-0.4, -0.2) is 51.9 Å². The lowest BCUT2D eigenvalue weighted by molar-refractivity contribution is 0.0949. The maximum Gasteiger partial charge on any atom is 0.251 e. The average molecular weight is 450 g/mol. The topological polar surface area (TPSA) is 110 Å². The van der Waals surface area contributed by atoms with Crippen LogP contribution in [0.4, 0.5) is 8.78 Å². The van der Waals surface area contributed by atoms with E-state index in [2.05, 4.69) is 20.8 Å². The maximum absolute atomic E-state index is 13.5. The second kappa shape index (κ2) is 9.27. The molecule has 164 valence electrons. The zero-order valence-corrected chi connectivity index (χ0v) is 17.6. The number of carbonyl (C=O) groups excluding carboxylic acids is 1. The highest BCUT2D eigenvalue weighted by molar-refractivity contribution is 7.89. The molecule has 0 saturated heterocycles. The molecule has 1 heterocycles. The summed E-state index contributed by atoms with van der Waals surface area (Å²) < 4.78 is 54.2. The van der Waals surface area contributed by atoms with E-state index < -0.39 is 27.6 Å². The number of nitrogens with zero attached hydrogens (tertiary/aromatic N) is 5. The van der Waals surface area contributed by atoms with Gasteiger partial charge in [-0.1, -0.05) is 13.8 Å². The Hall–Kier alpha value is -3.25. The summed E-state index contributed by atoms with van der Waals surface area (Å²) in [6.07, 6.45) is 0. The highest BCUT2D eigenvalue weighted by Crippen LogP contribution is 2.17. The molecule has 0 atom stereocenters. The first kappa shape index (κ1) is 22.4. The van der Waals surface area contributed by atoms with Crippen LogP contribution in [0.2, 0.25) is 0 Å². The first-order valence-corrected chi connectivity index (χ1v) is 10.8. The van der Waals surface area contributed by atoms with E-state index >= 15 is 0 Å². The zero-order valence-electron chi connectivity index (χ0n) is 16.8. The minimum atomic E-state index is -3.62. The van der Waals surface area contributed by atoms with Gasteiger partial charge in [0.05, 0.1) is 17.1 Å². The molecule has 0 aliphatic carbocycles. The van der Waals surface area contributed by atoms with Crippen molar-refractivity contribution in [2.24, 2.45) is 0 Å². The Labute approximate surface area is 177 Å². The van der Waals surface area contributed by atoms with Crippen LogP contribution < -0.4 is 5.32 Å². The number of aromatic nitrogens is 4. The molecule has 2 aromatic carbocycles. The van der Waals surface area contributed by atoms with Gasteiger partial charge < -0.3 is 5.32 Å². The molecule has 1 N–H and O–H groups in total. The van der Waals surface area contributed by atoms with E-state index in [0.29, 0.717) is 13.1 Å². The maximum atomic E-state index is 13.5. The van der Waals surface area contributed by atoms with Crippen LogP contribution >= 0.6 is 0 Å². The molecule has 1 aromatic heterocycles. The summed E-state index contributed by atoms with van der Waals surface area (Å²) in [5.41, 5.74) is 0.435. The van der Waals surface area contributed by atoms with Crippen LogP contribution in [0.15, 0.2) is 47.4 Å². The lowest BCUT2D eigenvalue weighted by Gasteiger charge is -2.18. The number of amides is 1. The standard InChI is InChI=1S/C19H20F2N6O3S/c1-3-26(4-2)31(29,30)15-8-5-13(6-9-15)19(28)22-12-18-23-24-25-27(18)14-7-10-16(20)17(21)11-14/h5-11H,3-4,12H2,1-2H3,(H,22,28). The van der Waals surface area contributed by atoms with E-state index in [1.54, 1.807) is 13.8 Å². The highest BCUT2D eigenvalue weighted by Gasteiger charge is 2.21. The average Bonchev–Trinajstić information content (AvgIpc) is 3.23. The third-order valence-corrected chi connectivity index (χ3v) is 6.61. The number of hydrogen-bond acceptors (Lipinski definition) is 6. The Bertz CT molecular complexity index is 1180. The van der Waals surface area contributed by atoms with Crippen molar-refractivity contribution in [1.82, 2.24) is 29.8 Å². The summed E-state index contributed by atoms with van der Waals surface area (Å²) in [6.45, 7) is 4.08. The summed E-state index contributed by atoms with van der Waals surface area (Å²) in [4.78, 5) is 12.5. The lowest BCUT2D eigenvalue weighted by atomic mass is 10.2. The Morgan fingerprint density at radius 1 is 1.06 bits per heavy atom. The van der Waals surface area contributed by atoms with Gasteiger partial charge in [-0.25, -0.2) is 17.2 Å². The van der Waals surface area contributed by atoms with Crippen molar-refractivity contribution < 1.29 is 22.0 Å². The normalized spacial score (nSPS) is 11.6. The van der Waals surface area contributed by atoms with Gasteiger partial charge in [-0.05, 0) is 46.8 Å². The van der Waals surface area contributed by atoms with Crippen molar-refractivity contribution in [2.75, 3.05) is 13.1 Å². The van der Waals surface area contributed by atoms with Crippen molar-refractivity contribution in [3.05, 3.63) is 65.5 Å². The number of sulfonamides is 1. The molecule has 12 heteroatoms. The minimum Gasteiger partial charge on any atom is -0.345 e. The van der Waals surface area contributed by atoms with E-state index in [-0.39, 0.29) is 28.5 Å². The van der Waals surface area contributed by atoms with Crippen molar-refractivity contribution >= 4 is 15.9 Å². The SMILES string of the molecule is CCN(CC)S(=O)(=O)c1ccc(C(=O)NCc2nnnn2-c2ccc(F)c(F)c2)cc1. The van der Waals surface area contributed by atoms with Gasteiger partial charge in [0.25, 0.3) is 5.91 Å². The summed E-state index contributed by atoms with van der Waals surface area (Å²) in [5, 5.41) is 13.6. The summed E-state index contributed by atoms with van der Waals surface area (Å²) in [5.74, 6) is -2.34. The molecule has 0 spiro atoms. The van der Waals surface area contributed by atoms with Crippen LogP contribution in [0.25, 0.3) is 5.69 Å². The van der Waals surface area contributed by atoms with Gasteiger partial charge >= 0.3 is 0 Å². The van der Waals surface area contributed by atoms with Gasteiger partial charge in [-0.2, -0.15) is 8.99 Å². The molecule has 0 radical (unpaired) electrons. The van der Waals surface area contributed by atoms with Gasteiger partial charge in [-0.15, -0.1) is 5.10 Å². The van der Waals surface area contributed by atoms with Crippen molar-refractivity contribution in [1.29, 1.82) is 0 Å². The molecule has 3 aromatic rings. The fourth-order valence-electron chi connectivity index (χ4n) is 2.89.